The van der Waals surface area contributed by atoms with Crippen LogP contribution in [0.4, 0.5) is 0 Å². The van der Waals surface area contributed by atoms with E-state index in [1.54, 1.807) is 0 Å². The van der Waals surface area contributed by atoms with Gasteiger partial charge < -0.3 is 5.32 Å². The Morgan fingerprint density at radius 3 is 2.00 bits per heavy atom. The first-order valence-electron chi connectivity index (χ1n) is 4.44. The Bertz CT molecular complexity index is 155. The highest BCUT2D eigenvalue weighted by molar-refractivity contribution is 8.04. The molecule has 1 N–H and O–H groups in total. The molecule has 0 bridgehead atoms. The standard InChI is InChI=1S/C8H13NS2/c1-3-10-7-5(1)9-6-2-4-11-8(6)7/h5-9H,1-4H2. The van der Waals surface area contributed by atoms with Crippen molar-refractivity contribution < 1.29 is 0 Å². The van der Waals surface area contributed by atoms with Crippen LogP contribution in [-0.2, 0) is 0 Å². The van der Waals surface area contributed by atoms with Gasteiger partial charge >= 0.3 is 0 Å². The van der Waals surface area contributed by atoms with E-state index in [1.165, 1.54) is 24.3 Å². The average molecular weight is 187 g/mol. The summed E-state index contributed by atoms with van der Waals surface area (Å²) in [5.41, 5.74) is 0. The van der Waals surface area contributed by atoms with E-state index in [9.17, 15) is 0 Å². The Labute approximate surface area is 76.1 Å². The van der Waals surface area contributed by atoms with Crippen LogP contribution in [0.2, 0.25) is 0 Å². The van der Waals surface area contributed by atoms with Crippen LogP contribution < -0.4 is 5.32 Å². The molecule has 4 atom stereocenters. The number of nitrogens with one attached hydrogen (secondary N) is 1. The van der Waals surface area contributed by atoms with E-state index in [-0.39, 0.29) is 0 Å². The molecule has 3 aliphatic heterocycles. The van der Waals surface area contributed by atoms with Gasteiger partial charge in [-0.15, -0.1) is 0 Å². The quantitative estimate of drug-likeness (QED) is 0.614. The predicted octanol–water partition coefficient (Wildman–Crippen LogP) is 1.34. The molecule has 0 amide bonds. The molecule has 3 rings (SSSR count). The van der Waals surface area contributed by atoms with Crippen LogP contribution in [0.5, 0.6) is 0 Å². The van der Waals surface area contributed by atoms with Gasteiger partial charge in [0.1, 0.15) is 0 Å². The van der Waals surface area contributed by atoms with Crippen LogP contribution in [0.3, 0.4) is 0 Å². The van der Waals surface area contributed by atoms with Crippen LogP contribution >= 0.6 is 23.5 Å². The van der Waals surface area contributed by atoms with Gasteiger partial charge in [-0.25, -0.2) is 0 Å². The minimum Gasteiger partial charge on any atom is -0.309 e. The van der Waals surface area contributed by atoms with Crippen molar-refractivity contribution in [2.45, 2.75) is 35.4 Å². The average Bonchev–Trinajstić information content (AvgIpc) is 2.52. The molecule has 4 unspecified atom stereocenters. The Morgan fingerprint density at radius 1 is 0.909 bits per heavy atom. The summed E-state index contributed by atoms with van der Waals surface area (Å²) in [6.07, 6.45) is 2.84. The van der Waals surface area contributed by atoms with E-state index in [4.69, 9.17) is 0 Å². The molecule has 3 fully saturated rings. The fourth-order valence-electron chi connectivity index (χ4n) is 2.50. The molecule has 3 saturated heterocycles. The molecule has 3 heterocycles. The maximum absolute atomic E-state index is 3.77. The van der Waals surface area contributed by atoms with Crippen LogP contribution in [0.1, 0.15) is 12.8 Å². The molecule has 11 heavy (non-hydrogen) atoms. The van der Waals surface area contributed by atoms with E-state index in [2.05, 4.69) is 28.8 Å². The lowest BCUT2D eigenvalue weighted by molar-refractivity contribution is 0.537. The van der Waals surface area contributed by atoms with Crippen LogP contribution in [-0.4, -0.2) is 34.1 Å². The minimum absolute atomic E-state index is 0.878. The molecule has 0 aliphatic carbocycles. The molecule has 0 aromatic rings. The van der Waals surface area contributed by atoms with E-state index in [0.29, 0.717) is 0 Å². The van der Waals surface area contributed by atoms with Gasteiger partial charge in [0.05, 0.1) is 0 Å². The van der Waals surface area contributed by atoms with Gasteiger partial charge in [0.25, 0.3) is 0 Å². The lowest BCUT2D eigenvalue weighted by Crippen LogP contribution is -2.30. The van der Waals surface area contributed by atoms with Crippen LogP contribution in [0.15, 0.2) is 0 Å². The Kier molecular flexibility index (Phi) is 1.66. The molecule has 0 spiro atoms. The lowest BCUT2D eigenvalue weighted by Gasteiger charge is -2.12. The molecular weight excluding hydrogens is 174 g/mol. The summed E-state index contributed by atoms with van der Waals surface area (Å²) < 4.78 is 0. The second-order valence-corrected chi connectivity index (χ2v) is 6.20. The Balaban J connectivity index is 1.84. The van der Waals surface area contributed by atoms with Crippen molar-refractivity contribution in [3.63, 3.8) is 0 Å². The normalized spacial score (nSPS) is 54.5. The first kappa shape index (κ1) is 7.10. The van der Waals surface area contributed by atoms with Crippen molar-refractivity contribution in [2.75, 3.05) is 11.5 Å². The van der Waals surface area contributed by atoms with Gasteiger partial charge in [-0.2, -0.15) is 23.5 Å². The molecule has 3 heteroatoms. The third-order valence-corrected chi connectivity index (χ3v) is 6.15. The van der Waals surface area contributed by atoms with E-state index in [0.717, 1.165) is 22.6 Å². The summed E-state index contributed by atoms with van der Waals surface area (Å²) in [5, 5.41) is 5.70. The fraction of sp³-hybridized carbons (Fsp3) is 1.00. The highest BCUT2D eigenvalue weighted by Gasteiger charge is 2.47. The molecule has 62 valence electrons. The van der Waals surface area contributed by atoms with Gasteiger partial charge in [0, 0.05) is 22.6 Å². The smallest absolute Gasteiger partial charge is 0.0335 e. The molecule has 0 radical (unpaired) electrons. The summed E-state index contributed by atoms with van der Waals surface area (Å²) in [4.78, 5) is 0. The number of thioether (sulfide) groups is 2. The first-order chi connectivity index (χ1) is 5.45. The van der Waals surface area contributed by atoms with Crippen molar-refractivity contribution >= 4 is 23.5 Å². The Hall–Kier alpha value is 0.660. The predicted molar refractivity (Wildman–Crippen MR) is 52.4 cm³/mol. The fourth-order valence-corrected chi connectivity index (χ4v) is 5.95. The van der Waals surface area contributed by atoms with Gasteiger partial charge in [0.15, 0.2) is 0 Å². The number of rotatable bonds is 0. The second-order valence-electron chi connectivity index (χ2n) is 3.63. The molecule has 0 aromatic heterocycles. The van der Waals surface area contributed by atoms with E-state index in [1.807, 2.05) is 0 Å². The number of fused-ring (bicyclic) bond motifs is 3. The zero-order chi connectivity index (χ0) is 7.26. The zero-order valence-electron chi connectivity index (χ0n) is 6.45. The summed E-state index contributed by atoms with van der Waals surface area (Å²) in [5.74, 6) is 2.79. The van der Waals surface area contributed by atoms with Crippen molar-refractivity contribution in [2.24, 2.45) is 0 Å². The van der Waals surface area contributed by atoms with E-state index >= 15 is 0 Å². The van der Waals surface area contributed by atoms with Gasteiger partial charge in [0.2, 0.25) is 0 Å². The highest BCUT2D eigenvalue weighted by Crippen LogP contribution is 2.45. The summed E-state index contributed by atoms with van der Waals surface area (Å²) in [7, 11) is 0. The summed E-state index contributed by atoms with van der Waals surface area (Å²) in [6.45, 7) is 0. The van der Waals surface area contributed by atoms with Gasteiger partial charge in [-0.1, -0.05) is 0 Å². The van der Waals surface area contributed by atoms with Crippen molar-refractivity contribution in [1.82, 2.24) is 5.32 Å². The molecule has 0 aromatic carbocycles. The number of hydrogen-bond donors (Lipinski definition) is 1. The van der Waals surface area contributed by atoms with Crippen molar-refractivity contribution in [3.8, 4) is 0 Å². The maximum atomic E-state index is 3.77. The van der Waals surface area contributed by atoms with Crippen LogP contribution in [0, 0.1) is 0 Å². The van der Waals surface area contributed by atoms with Crippen LogP contribution in [0.25, 0.3) is 0 Å². The SMILES string of the molecule is C1CC2NC3CCSC3C2S1. The third kappa shape index (κ3) is 0.973. The zero-order valence-corrected chi connectivity index (χ0v) is 8.09. The van der Waals surface area contributed by atoms with Gasteiger partial charge in [-0.3, -0.25) is 0 Å². The molecule has 0 saturated carbocycles. The van der Waals surface area contributed by atoms with Gasteiger partial charge in [-0.05, 0) is 24.3 Å². The first-order valence-corrected chi connectivity index (χ1v) is 6.54. The minimum atomic E-state index is 0.878. The Morgan fingerprint density at radius 2 is 1.45 bits per heavy atom. The second kappa shape index (κ2) is 2.57. The molecular formula is C8H13NS2. The monoisotopic (exact) mass is 187 g/mol. The number of hydrogen-bond acceptors (Lipinski definition) is 3. The lowest BCUT2D eigenvalue weighted by atomic mass is 10.1. The topological polar surface area (TPSA) is 12.0 Å². The van der Waals surface area contributed by atoms with E-state index < -0.39 is 0 Å². The largest absolute Gasteiger partial charge is 0.309 e. The third-order valence-electron chi connectivity index (χ3n) is 3.02. The molecule has 1 nitrogen and oxygen atoms in total. The highest BCUT2D eigenvalue weighted by atomic mass is 32.2. The summed E-state index contributed by atoms with van der Waals surface area (Å²) >= 11 is 4.41. The van der Waals surface area contributed by atoms with Crippen molar-refractivity contribution in [1.29, 1.82) is 0 Å². The maximum Gasteiger partial charge on any atom is 0.0335 e. The summed E-state index contributed by atoms with van der Waals surface area (Å²) in [6, 6.07) is 1.76. The van der Waals surface area contributed by atoms with Crippen molar-refractivity contribution in [3.05, 3.63) is 0 Å². The molecule has 3 aliphatic rings.